The maximum absolute atomic E-state index is 11.7. The van der Waals surface area contributed by atoms with Gasteiger partial charge in [0.2, 0.25) is 5.91 Å². The maximum Gasteiger partial charge on any atom is 0.224 e. The van der Waals surface area contributed by atoms with Crippen LogP contribution in [-0.2, 0) is 9.53 Å². The SMILES string of the molecule is CCCCCCCCCCCC(=O)N1CCOC1. The fourth-order valence-electron chi connectivity index (χ4n) is 2.36. The predicted molar refractivity (Wildman–Crippen MR) is 74.4 cm³/mol. The van der Waals surface area contributed by atoms with Gasteiger partial charge in [0, 0.05) is 13.0 Å². The van der Waals surface area contributed by atoms with Gasteiger partial charge in [-0.3, -0.25) is 4.79 Å². The molecular weight excluding hydrogens is 226 g/mol. The van der Waals surface area contributed by atoms with E-state index in [-0.39, 0.29) is 5.91 Å². The third-order valence-electron chi connectivity index (χ3n) is 3.60. The zero-order chi connectivity index (χ0) is 13.1. The van der Waals surface area contributed by atoms with Crippen molar-refractivity contribution in [1.29, 1.82) is 0 Å². The lowest BCUT2D eigenvalue weighted by Gasteiger charge is -2.12. The van der Waals surface area contributed by atoms with Gasteiger partial charge in [-0.15, -0.1) is 0 Å². The van der Waals surface area contributed by atoms with E-state index in [4.69, 9.17) is 4.74 Å². The number of carbonyl (C=O) groups excluding carboxylic acids is 1. The molecule has 0 aliphatic carbocycles. The molecular formula is C15H29NO2. The molecule has 0 unspecified atom stereocenters. The second kappa shape index (κ2) is 10.4. The summed E-state index contributed by atoms with van der Waals surface area (Å²) < 4.78 is 5.17. The van der Waals surface area contributed by atoms with Gasteiger partial charge in [0.15, 0.2) is 0 Å². The summed E-state index contributed by atoms with van der Waals surface area (Å²) in [6.45, 7) is 4.26. The average Bonchev–Trinajstić information content (AvgIpc) is 2.90. The molecule has 0 N–H and O–H groups in total. The van der Waals surface area contributed by atoms with Gasteiger partial charge < -0.3 is 9.64 Å². The van der Waals surface area contributed by atoms with E-state index in [0.717, 1.165) is 13.0 Å². The molecule has 1 saturated heterocycles. The second-order valence-electron chi connectivity index (χ2n) is 5.27. The Morgan fingerprint density at radius 2 is 1.61 bits per heavy atom. The molecule has 0 saturated carbocycles. The topological polar surface area (TPSA) is 29.5 Å². The number of rotatable bonds is 10. The summed E-state index contributed by atoms with van der Waals surface area (Å²) in [5, 5.41) is 0. The predicted octanol–water partition coefficient (Wildman–Crippen LogP) is 3.72. The first-order chi connectivity index (χ1) is 8.84. The normalized spacial score (nSPS) is 15.3. The number of carbonyl (C=O) groups is 1. The minimum Gasteiger partial charge on any atom is -0.359 e. The number of hydrogen-bond donors (Lipinski definition) is 0. The van der Waals surface area contributed by atoms with E-state index in [1.165, 1.54) is 51.4 Å². The summed E-state index contributed by atoms with van der Waals surface area (Å²) in [5.74, 6) is 0.274. The van der Waals surface area contributed by atoms with Crippen LogP contribution < -0.4 is 0 Å². The first kappa shape index (κ1) is 15.5. The second-order valence-corrected chi connectivity index (χ2v) is 5.27. The van der Waals surface area contributed by atoms with Crippen LogP contribution in [0.1, 0.15) is 71.1 Å². The molecule has 1 aliphatic heterocycles. The Morgan fingerprint density at radius 1 is 1.00 bits per heavy atom. The average molecular weight is 255 g/mol. The van der Waals surface area contributed by atoms with Crippen LogP contribution in [0.4, 0.5) is 0 Å². The van der Waals surface area contributed by atoms with Gasteiger partial charge in [0.1, 0.15) is 6.73 Å². The molecule has 0 aromatic rings. The molecule has 1 rings (SSSR count). The van der Waals surface area contributed by atoms with Crippen molar-refractivity contribution in [2.75, 3.05) is 19.9 Å². The number of unbranched alkanes of at least 4 members (excludes halogenated alkanes) is 8. The lowest BCUT2D eigenvalue weighted by Crippen LogP contribution is -2.27. The highest BCUT2D eigenvalue weighted by Gasteiger charge is 2.17. The monoisotopic (exact) mass is 255 g/mol. The lowest BCUT2D eigenvalue weighted by molar-refractivity contribution is -0.131. The van der Waals surface area contributed by atoms with Crippen molar-refractivity contribution < 1.29 is 9.53 Å². The van der Waals surface area contributed by atoms with Crippen LogP contribution in [-0.4, -0.2) is 30.7 Å². The van der Waals surface area contributed by atoms with E-state index < -0.39 is 0 Å². The Bertz CT molecular complexity index is 213. The first-order valence-corrected chi connectivity index (χ1v) is 7.70. The van der Waals surface area contributed by atoms with Crippen molar-refractivity contribution in [3.8, 4) is 0 Å². The molecule has 18 heavy (non-hydrogen) atoms. The summed E-state index contributed by atoms with van der Waals surface area (Å²) in [6, 6.07) is 0. The first-order valence-electron chi connectivity index (χ1n) is 7.70. The quantitative estimate of drug-likeness (QED) is 0.557. The Morgan fingerprint density at radius 3 is 2.17 bits per heavy atom. The van der Waals surface area contributed by atoms with Crippen molar-refractivity contribution in [1.82, 2.24) is 4.90 Å². The highest BCUT2D eigenvalue weighted by molar-refractivity contribution is 5.76. The maximum atomic E-state index is 11.7. The smallest absolute Gasteiger partial charge is 0.224 e. The fraction of sp³-hybridized carbons (Fsp3) is 0.933. The van der Waals surface area contributed by atoms with E-state index in [1.807, 2.05) is 4.90 Å². The highest BCUT2D eigenvalue weighted by atomic mass is 16.5. The summed E-state index contributed by atoms with van der Waals surface area (Å²) in [4.78, 5) is 13.5. The third-order valence-corrected chi connectivity index (χ3v) is 3.60. The third kappa shape index (κ3) is 7.00. The minimum atomic E-state index is 0.274. The molecule has 0 aromatic heterocycles. The van der Waals surface area contributed by atoms with Gasteiger partial charge in [0.25, 0.3) is 0 Å². The van der Waals surface area contributed by atoms with Gasteiger partial charge in [-0.2, -0.15) is 0 Å². The van der Waals surface area contributed by atoms with Crippen LogP contribution >= 0.6 is 0 Å². The largest absolute Gasteiger partial charge is 0.359 e. The van der Waals surface area contributed by atoms with Crippen LogP contribution in [0.5, 0.6) is 0 Å². The van der Waals surface area contributed by atoms with Crippen LogP contribution in [0.3, 0.4) is 0 Å². The molecule has 0 aromatic carbocycles. The highest BCUT2D eigenvalue weighted by Crippen LogP contribution is 2.11. The number of nitrogens with zero attached hydrogens (tertiary/aromatic N) is 1. The summed E-state index contributed by atoms with van der Waals surface area (Å²) in [7, 11) is 0. The van der Waals surface area contributed by atoms with Gasteiger partial charge >= 0.3 is 0 Å². The number of amides is 1. The molecule has 0 radical (unpaired) electrons. The molecule has 0 atom stereocenters. The Labute approximate surface area is 112 Å². The van der Waals surface area contributed by atoms with E-state index in [9.17, 15) is 4.79 Å². The van der Waals surface area contributed by atoms with Gasteiger partial charge in [-0.05, 0) is 6.42 Å². The van der Waals surface area contributed by atoms with Gasteiger partial charge in [-0.1, -0.05) is 58.3 Å². The zero-order valence-corrected chi connectivity index (χ0v) is 12.0. The van der Waals surface area contributed by atoms with E-state index in [1.54, 1.807) is 0 Å². The molecule has 1 aliphatic rings. The molecule has 1 heterocycles. The molecule has 1 fully saturated rings. The minimum absolute atomic E-state index is 0.274. The fourth-order valence-corrected chi connectivity index (χ4v) is 2.36. The van der Waals surface area contributed by atoms with Gasteiger partial charge in [0.05, 0.1) is 6.61 Å². The summed E-state index contributed by atoms with van der Waals surface area (Å²) in [6.07, 6.45) is 12.4. The van der Waals surface area contributed by atoms with E-state index >= 15 is 0 Å². The Hall–Kier alpha value is -0.570. The Balaban J connectivity index is 1.82. The van der Waals surface area contributed by atoms with Crippen molar-refractivity contribution in [2.24, 2.45) is 0 Å². The zero-order valence-electron chi connectivity index (χ0n) is 12.0. The summed E-state index contributed by atoms with van der Waals surface area (Å²) >= 11 is 0. The molecule has 3 nitrogen and oxygen atoms in total. The van der Waals surface area contributed by atoms with Crippen LogP contribution in [0, 0.1) is 0 Å². The standard InChI is InChI=1S/C15H29NO2/c1-2-3-4-5-6-7-8-9-10-11-15(17)16-12-13-18-14-16/h2-14H2,1H3. The van der Waals surface area contributed by atoms with Crippen molar-refractivity contribution >= 4 is 5.91 Å². The van der Waals surface area contributed by atoms with Crippen LogP contribution in [0.15, 0.2) is 0 Å². The molecule has 3 heteroatoms. The van der Waals surface area contributed by atoms with Crippen LogP contribution in [0.25, 0.3) is 0 Å². The number of ether oxygens (including phenoxy) is 1. The molecule has 106 valence electrons. The van der Waals surface area contributed by atoms with E-state index in [2.05, 4.69) is 6.92 Å². The van der Waals surface area contributed by atoms with Crippen molar-refractivity contribution in [3.05, 3.63) is 0 Å². The molecule has 0 spiro atoms. The Kier molecular flexibility index (Phi) is 8.92. The van der Waals surface area contributed by atoms with Crippen molar-refractivity contribution in [2.45, 2.75) is 71.1 Å². The van der Waals surface area contributed by atoms with E-state index in [0.29, 0.717) is 19.8 Å². The summed E-state index contributed by atoms with van der Waals surface area (Å²) in [5.41, 5.74) is 0. The van der Waals surface area contributed by atoms with Crippen LogP contribution in [0.2, 0.25) is 0 Å². The number of hydrogen-bond acceptors (Lipinski definition) is 2. The van der Waals surface area contributed by atoms with Gasteiger partial charge in [-0.25, -0.2) is 0 Å². The van der Waals surface area contributed by atoms with Crippen molar-refractivity contribution in [3.63, 3.8) is 0 Å². The molecule has 0 bridgehead atoms. The molecule has 1 amide bonds. The lowest BCUT2D eigenvalue weighted by atomic mass is 10.1.